The summed E-state index contributed by atoms with van der Waals surface area (Å²) in [5, 5.41) is 13.0. The van der Waals surface area contributed by atoms with Crippen LogP contribution in [0, 0.1) is 11.3 Å². The Bertz CT molecular complexity index is 1810. The Morgan fingerprint density at radius 1 is 0.516 bits per heavy atom. The molecule has 0 aromatic heterocycles. The third-order valence-electron chi connectivity index (χ3n) is 8.82. The van der Waals surface area contributed by atoms with E-state index in [1.807, 2.05) is 48.5 Å². The van der Waals surface area contributed by atoms with E-state index in [9.17, 15) is 10.1 Å². The minimum atomic E-state index is -0.420. The molecule has 0 aliphatic heterocycles. The maximum Gasteiger partial charge on any atom is 0.255 e. The van der Waals surface area contributed by atoms with Crippen molar-refractivity contribution in [3.8, 4) is 34.4 Å². The van der Waals surface area contributed by atoms with Crippen LogP contribution in [0.15, 0.2) is 78.9 Å². The smallest absolute Gasteiger partial charge is 0.255 e. The Kier molecular flexibility index (Phi) is 24.6. The van der Waals surface area contributed by atoms with Gasteiger partial charge in [-0.05, 0) is 52.6 Å². The summed E-state index contributed by atoms with van der Waals surface area (Å²) in [6, 6.07) is 26.7. The summed E-state index contributed by atoms with van der Waals surface area (Å²) in [5.41, 5.74) is 5.11. The highest BCUT2D eigenvalue weighted by atomic mass is 16.6. The van der Waals surface area contributed by atoms with E-state index in [0.29, 0.717) is 102 Å². The molecule has 1 amide bonds. The maximum atomic E-state index is 13.9. The van der Waals surface area contributed by atoms with Crippen molar-refractivity contribution in [2.45, 2.75) is 0 Å². The zero-order valence-electron chi connectivity index (χ0n) is 36.1. The Morgan fingerprint density at radius 3 is 1.37 bits per heavy atom. The molecule has 0 saturated heterocycles. The number of amides is 1. The summed E-state index contributed by atoms with van der Waals surface area (Å²) >= 11 is 0. The number of nitriles is 1. The van der Waals surface area contributed by atoms with Gasteiger partial charge in [0.1, 0.15) is 19.8 Å². The van der Waals surface area contributed by atoms with Gasteiger partial charge in [0.05, 0.1) is 111 Å². The lowest BCUT2D eigenvalue weighted by Gasteiger charge is -2.19. The number of benzene rings is 2. The average molecular weight is 861 g/mol. The Labute approximate surface area is 364 Å². The van der Waals surface area contributed by atoms with Crippen LogP contribution in [0.2, 0.25) is 0 Å². The SMILES string of the molecule is COCCOCCOCCOc1cc(C(=O)Nc2ccc(/C(C#N)=C/c3ccc4cccc-4cc3)cc2)cc(OCCOCCOCCOC)c1OCCOCCOCCOC. The third-order valence-corrected chi connectivity index (χ3v) is 8.82. The second-order valence-corrected chi connectivity index (χ2v) is 13.3. The molecule has 0 atom stereocenters. The van der Waals surface area contributed by atoms with Crippen LogP contribution in [0.25, 0.3) is 22.8 Å². The van der Waals surface area contributed by atoms with Gasteiger partial charge < -0.3 is 62.2 Å². The molecule has 0 unspecified atom stereocenters. The monoisotopic (exact) mass is 860 g/mol. The quantitative estimate of drug-likeness (QED) is 0.0412. The number of anilines is 1. The first-order valence-corrected chi connectivity index (χ1v) is 20.6. The van der Waals surface area contributed by atoms with E-state index in [1.165, 1.54) is 0 Å². The summed E-state index contributed by atoms with van der Waals surface area (Å²) < 4.78 is 67.1. The zero-order chi connectivity index (χ0) is 43.9. The predicted octanol–water partition coefficient (Wildman–Crippen LogP) is 6.28. The van der Waals surface area contributed by atoms with E-state index in [0.717, 1.165) is 16.7 Å². The molecule has 336 valence electrons. The van der Waals surface area contributed by atoms with Crippen molar-refractivity contribution in [3.63, 3.8) is 0 Å². The molecule has 15 heteroatoms. The molecular weight excluding hydrogens is 801 g/mol. The number of ether oxygens (including phenoxy) is 12. The van der Waals surface area contributed by atoms with Gasteiger partial charge in [-0.15, -0.1) is 0 Å². The van der Waals surface area contributed by atoms with Gasteiger partial charge in [0.2, 0.25) is 5.75 Å². The van der Waals surface area contributed by atoms with Crippen molar-refractivity contribution in [1.82, 2.24) is 0 Å². The number of carbonyl (C=O) groups excluding carboxylic acids is 1. The van der Waals surface area contributed by atoms with Gasteiger partial charge in [0.15, 0.2) is 11.5 Å². The van der Waals surface area contributed by atoms with Gasteiger partial charge in [0, 0.05) is 32.6 Å². The topological polar surface area (TPSA) is 164 Å². The molecule has 62 heavy (non-hydrogen) atoms. The fourth-order valence-electron chi connectivity index (χ4n) is 5.64. The highest BCUT2D eigenvalue weighted by Crippen LogP contribution is 2.39. The number of hydrogen-bond acceptors (Lipinski definition) is 14. The highest BCUT2D eigenvalue weighted by molar-refractivity contribution is 6.05. The van der Waals surface area contributed by atoms with Crippen LogP contribution in [-0.4, -0.2) is 146 Å². The fraction of sp³-hybridized carbons (Fsp3) is 0.447. The van der Waals surface area contributed by atoms with Crippen LogP contribution in [-0.2, 0) is 42.6 Å². The largest absolute Gasteiger partial charge is 0.487 e. The average Bonchev–Trinajstić information content (AvgIpc) is 3.66. The van der Waals surface area contributed by atoms with Crippen molar-refractivity contribution < 1.29 is 61.6 Å². The molecule has 1 N–H and O–H groups in total. The van der Waals surface area contributed by atoms with E-state index < -0.39 is 5.91 Å². The lowest BCUT2D eigenvalue weighted by atomic mass is 10.0. The minimum Gasteiger partial charge on any atom is -0.487 e. The molecule has 15 nitrogen and oxygen atoms in total. The fourth-order valence-corrected chi connectivity index (χ4v) is 5.64. The standard InChI is InChI=1S/C47H60N2O13/c1-51-15-18-54-21-24-57-27-30-60-44-34-41(35-45(61-31-28-58-25-22-55-19-16-52-2)46(44)62-32-29-59-26-23-56-20-17-53-3)47(50)49-43-13-11-40(12-14-43)42(36-48)33-37-7-9-38-5-4-6-39(38)10-8-37/h4-14,33-35H,15-32H2,1-3H3,(H,49,50)/b42-33+. The molecule has 4 rings (SSSR count). The molecule has 2 aromatic rings. The first-order valence-electron chi connectivity index (χ1n) is 20.6. The minimum absolute atomic E-state index is 0.149. The molecule has 2 aliphatic rings. The Balaban J connectivity index is 1.48. The molecule has 0 saturated carbocycles. The van der Waals surface area contributed by atoms with Gasteiger partial charge >= 0.3 is 0 Å². The molecular formula is C47H60N2O13. The van der Waals surface area contributed by atoms with E-state index >= 15 is 0 Å². The van der Waals surface area contributed by atoms with E-state index in [4.69, 9.17) is 56.8 Å². The first-order chi connectivity index (χ1) is 30.6. The lowest BCUT2D eigenvalue weighted by Crippen LogP contribution is -2.17. The van der Waals surface area contributed by atoms with Crippen molar-refractivity contribution >= 4 is 23.2 Å². The second kappa shape index (κ2) is 30.8. The van der Waals surface area contributed by atoms with Crippen LogP contribution in [0.3, 0.4) is 0 Å². The summed E-state index contributed by atoms with van der Waals surface area (Å²) in [5.74, 6) is 0.418. The molecule has 0 bridgehead atoms. The number of nitrogens with one attached hydrogen (secondary N) is 1. The zero-order valence-corrected chi connectivity index (χ0v) is 36.1. The van der Waals surface area contributed by atoms with Gasteiger partial charge in [-0.1, -0.05) is 54.6 Å². The number of rotatable bonds is 34. The Morgan fingerprint density at radius 2 is 0.935 bits per heavy atom. The summed E-state index contributed by atoms with van der Waals surface area (Å²) in [6.45, 7) is 6.47. The predicted molar refractivity (Wildman–Crippen MR) is 234 cm³/mol. The number of allylic oxidation sites excluding steroid dienone is 1. The van der Waals surface area contributed by atoms with E-state index in [-0.39, 0.29) is 56.7 Å². The van der Waals surface area contributed by atoms with Crippen molar-refractivity contribution in [2.75, 3.05) is 146 Å². The van der Waals surface area contributed by atoms with Gasteiger partial charge in [0.25, 0.3) is 5.91 Å². The molecule has 0 fully saturated rings. The summed E-state index contributed by atoms with van der Waals surface area (Å²) in [4.78, 5) is 13.9. The first kappa shape index (κ1) is 49.5. The number of carbonyl (C=O) groups is 1. The van der Waals surface area contributed by atoms with Gasteiger partial charge in [-0.2, -0.15) is 5.26 Å². The van der Waals surface area contributed by atoms with Crippen LogP contribution < -0.4 is 19.5 Å². The van der Waals surface area contributed by atoms with Crippen molar-refractivity contribution in [3.05, 3.63) is 95.6 Å². The van der Waals surface area contributed by atoms with Crippen LogP contribution in [0.5, 0.6) is 17.2 Å². The second-order valence-electron chi connectivity index (χ2n) is 13.3. The molecule has 0 heterocycles. The molecule has 0 spiro atoms. The van der Waals surface area contributed by atoms with Crippen LogP contribution in [0.4, 0.5) is 5.69 Å². The number of methoxy groups -OCH3 is 3. The number of nitrogens with zero attached hydrogens (tertiary/aromatic N) is 1. The van der Waals surface area contributed by atoms with E-state index in [1.54, 1.807) is 57.7 Å². The van der Waals surface area contributed by atoms with Crippen molar-refractivity contribution in [2.24, 2.45) is 0 Å². The number of hydrogen-bond donors (Lipinski definition) is 1. The van der Waals surface area contributed by atoms with Crippen LogP contribution in [0.1, 0.15) is 21.5 Å². The molecule has 0 radical (unpaired) electrons. The van der Waals surface area contributed by atoms with Crippen molar-refractivity contribution in [1.29, 1.82) is 5.26 Å². The highest BCUT2D eigenvalue weighted by Gasteiger charge is 2.20. The molecule has 2 aromatic carbocycles. The molecule has 2 aliphatic carbocycles. The van der Waals surface area contributed by atoms with Gasteiger partial charge in [-0.3, -0.25) is 4.79 Å². The van der Waals surface area contributed by atoms with Gasteiger partial charge in [-0.25, -0.2) is 0 Å². The maximum absolute atomic E-state index is 13.9. The number of fused-ring (bicyclic) bond motifs is 1. The van der Waals surface area contributed by atoms with E-state index in [2.05, 4.69) is 11.4 Å². The normalized spacial score (nSPS) is 11.4. The Hall–Kier alpha value is -5.12. The summed E-state index contributed by atoms with van der Waals surface area (Å²) in [6.07, 6.45) is 1.84. The lowest BCUT2D eigenvalue weighted by molar-refractivity contribution is 0.0146. The van der Waals surface area contributed by atoms with Crippen LogP contribution >= 0.6 is 0 Å². The summed E-state index contributed by atoms with van der Waals surface area (Å²) in [7, 11) is 4.85. The third kappa shape index (κ3) is 18.9.